The van der Waals surface area contributed by atoms with Crippen molar-refractivity contribution in [3.8, 4) is 5.75 Å². The molecule has 1 heteroatoms. The van der Waals surface area contributed by atoms with Crippen LogP contribution in [0.3, 0.4) is 0 Å². The molecule has 0 N–H and O–H groups in total. The highest BCUT2D eigenvalue weighted by atomic mass is 16.5. The molecule has 15 heavy (non-hydrogen) atoms. The van der Waals surface area contributed by atoms with E-state index in [-0.39, 0.29) is 5.41 Å². The molecule has 1 aromatic rings. The van der Waals surface area contributed by atoms with Gasteiger partial charge in [-0.05, 0) is 34.6 Å². The van der Waals surface area contributed by atoms with Gasteiger partial charge in [0, 0.05) is 0 Å². The Morgan fingerprint density at radius 3 is 2.07 bits per heavy atom. The van der Waals surface area contributed by atoms with Gasteiger partial charge in [0.2, 0.25) is 0 Å². The van der Waals surface area contributed by atoms with E-state index in [1.165, 1.54) is 17.0 Å². The summed E-state index contributed by atoms with van der Waals surface area (Å²) in [5, 5.41) is 0. The third-order valence-corrected chi connectivity index (χ3v) is 2.59. The van der Waals surface area contributed by atoms with Crippen LogP contribution in [0, 0.1) is 5.92 Å². The van der Waals surface area contributed by atoms with Gasteiger partial charge in [0.25, 0.3) is 0 Å². The lowest BCUT2D eigenvalue weighted by Gasteiger charge is -2.21. The molecule has 0 fully saturated rings. The van der Waals surface area contributed by atoms with E-state index in [1.807, 2.05) is 0 Å². The second-order valence-corrected chi connectivity index (χ2v) is 5.20. The Balaban J connectivity index is 3.23. The van der Waals surface area contributed by atoms with Crippen molar-refractivity contribution >= 4 is 0 Å². The van der Waals surface area contributed by atoms with Crippen molar-refractivity contribution in [3.05, 3.63) is 35.2 Å². The maximum Gasteiger partial charge on any atom is 0.119 e. The first-order chi connectivity index (χ1) is 6.84. The van der Waals surface area contributed by atoms with Crippen LogP contribution in [0.15, 0.2) is 18.2 Å². The van der Waals surface area contributed by atoms with Gasteiger partial charge in [-0.3, -0.25) is 0 Å². The van der Waals surface area contributed by atoms with Gasteiger partial charge in [0.1, 0.15) is 5.75 Å². The van der Waals surface area contributed by atoms with Crippen molar-refractivity contribution in [3.63, 3.8) is 0 Å². The molecule has 0 heterocycles. The van der Waals surface area contributed by atoms with Crippen LogP contribution in [0.1, 0.15) is 45.7 Å². The third-order valence-electron chi connectivity index (χ3n) is 2.59. The van der Waals surface area contributed by atoms with Gasteiger partial charge in [-0.15, -0.1) is 0 Å². The van der Waals surface area contributed by atoms with E-state index in [4.69, 9.17) is 4.74 Å². The Labute approximate surface area is 93.5 Å². The third kappa shape index (κ3) is 2.98. The van der Waals surface area contributed by atoms with Crippen molar-refractivity contribution in [1.29, 1.82) is 0 Å². The number of hydrogen-bond acceptors (Lipinski definition) is 1. The fourth-order valence-electron chi connectivity index (χ4n) is 1.44. The topological polar surface area (TPSA) is 9.23 Å². The van der Waals surface area contributed by atoms with Crippen molar-refractivity contribution in [2.24, 2.45) is 0 Å². The average molecular weight is 205 g/mol. The molecule has 1 radical (unpaired) electrons. The summed E-state index contributed by atoms with van der Waals surface area (Å²) in [5.41, 5.74) is 2.75. The first kappa shape index (κ1) is 12.1. The molecule has 0 aliphatic carbocycles. The maximum atomic E-state index is 5.33. The molecular formula is C14H21O. The molecule has 0 atom stereocenters. The molecular weight excluding hydrogens is 184 g/mol. The van der Waals surface area contributed by atoms with Gasteiger partial charge in [-0.2, -0.15) is 0 Å². The summed E-state index contributed by atoms with van der Waals surface area (Å²) in [6, 6.07) is 6.45. The molecule has 0 amide bonds. The molecule has 1 rings (SSSR count). The zero-order chi connectivity index (χ0) is 11.6. The minimum absolute atomic E-state index is 0.165. The zero-order valence-corrected chi connectivity index (χ0v) is 10.6. The summed E-state index contributed by atoms with van der Waals surface area (Å²) in [4.78, 5) is 0. The lowest BCUT2D eigenvalue weighted by molar-refractivity contribution is 0.412. The largest absolute Gasteiger partial charge is 0.497 e. The van der Waals surface area contributed by atoms with Crippen molar-refractivity contribution in [1.82, 2.24) is 0 Å². The fraction of sp³-hybridized carbons (Fsp3) is 0.500. The molecule has 1 nitrogen and oxygen atoms in total. The SMILES string of the molecule is COc1cc([C](C)C)cc(C(C)(C)C)c1. The number of ether oxygens (including phenoxy) is 1. The van der Waals surface area contributed by atoms with E-state index >= 15 is 0 Å². The lowest BCUT2D eigenvalue weighted by atomic mass is 9.84. The second-order valence-electron chi connectivity index (χ2n) is 5.20. The first-order valence-electron chi connectivity index (χ1n) is 5.34. The summed E-state index contributed by atoms with van der Waals surface area (Å²) < 4.78 is 5.33. The Morgan fingerprint density at radius 2 is 1.67 bits per heavy atom. The van der Waals surface area contributed by atoms with Crippen molar-refractivity contribution in [2.45, 2.75) is 40.0 Å². The predicted octanol–water partition coefficient (Wildman–Crippen LogP) is 3.96. The normalized spacial score (nSPS) is 11.9. The smallest absolute Gasteiger partial charge is 0.119 e. The van der Waals surface area contributed by atoms with Gasteiger partial charge < -0.3 is 4.74 Å². The molecule has 1 aromatic carbocycles. The van der Waals surface area contributed by atoms with Gasteiger partial charge in [0.05, 0.1) is 7.11 Å². The molecule has 0 aliphatic rings. The lowest BCUT2D eigenvalue weighted by Crippen LogP contribution is -2.12. The summed E-state index contributed by atoms with van der Waals surface area (Å²) >= 11 is 0. The predicted molar refractivity (Wildman–Crippen MR) is 65.4 cm³/mol. The van der Waals surface area contributed by atoms with E-state index in [9.17, 15) is 0 Å². The van der Waals surface area contributed by atoms with Gasteiger partial charge in [-0.1, -0.05) is 40.7 Å². The number of rotatable bonds is 2. The molecule has 0 bridgehead atoms. The first-order valence-corrected chi connectivity index (χ1v) is 5.34. The number of hydrogen-bond donors (Lipinski definition) is 0. The van der Waals surface area contributed by atoms with Crippen LogP contribution in [0.25, 0.3) is 0 Å². The van der Waals surface area contributed by atoms with Crippen LogP contribution >= 0.6 is 0 Å². The van der Waals surface area contributed by atoms with E-state index < -0.39 is 0 Å². The van der Waals surface area contributed by atoms with Gasteiger partial charge in [-0.25, -0.2) is 0 Å². The highest BCUT2D eigenvalue weighted by Gasteiger charge is 2.16. The van der Waals surface area contributed by atoms with Crippen LogP contribution in [-0.4, -0.2) is 7.11 Å². The Hall–Kier alpha value is -0.980. The summed E-state index contributed by atoms with van der Waals surface area (Å²) in [7, 11) is 1.72. The summed E-state index contributed by atoms with van der Waals surface area (Å²) in [6.07, 6.45) is 0. The zero-order valence-electron chi connectivity index (χ0n) is 10.6. The highest BCUT2D eigenvalue weighted by molar-refractivity contribution is 5.42. The van der Waals surface area contributed by atoms with E-state index in [2.05, 4.69) is 52.8 Å². The van der Waals surface area contributed by atoms with Crippen LogP contribution < -0.4 is 4.74 Å². The van der Waals surface area contributed by atoms with Crippen LogP contribution in [-0.2, 0) is 5.41 Å². The quantitative estimate of drug-likeness (QED) is 0.710. The fourth-order valence-corrected chi connectivity index (χ4v) is 1.44. The minimum Gasteiger partial charge on any atom is -0.497 e. The Kier molecular flexibility index (Phi) is 3.43. The molecule has 83 valence electrons. The Bertz CT molecular complexity index is 332. The summed E-state index contributed by atoms with van der Waals surface area (Å²) in [6.45, 7) is 10.9. The highest BCUT2D eigenvalue weighted by Crippen LogP contribution is 2.29. The molecule has 0 aromatic heterocycles. The molecule has 0 spiro atoms. The molecule has 0 unspecified atom stereocenters. The van der Waals surface area contributed by atoms with Crippen molar-refractivity contribution in [2.75, 3.05) is 7.11 Å². The van der Waals surface area contributed by atoms with Gasteiger partial charge in [0.15, 0.2) is 0 Å². The Morgan fingerprint density at radius 1 is 1.07 bits per heavy atom. The minimum atomic E-state index is 0.165. The van der Waals surface area contributed by atoms with E-state index in [1.54, 1.807) is 7.11 Å². The van der Waals surface area contributed by atoms with E-state index in [0.29, 0.717) is 0 Å². The van der Waals surface area contributed by atoms with Crippen molar-refractivity contribution < 1.29 is 4.74 Å². The number of methoxy groups -OCH3 is 1. The second kappa shape index (κ2) is 4.26. The van der Waals surface area contributed by atoms with E-state index in [0.717, 1.165) is 5.75 Å². The average Bonchev–Trinajstić information content (AvgIpc) is 2.15. The van der Waals surface area contributed by atoms with Crippen LogP contribution in [0.2, 0.25) is 0 Å². The molecule has 0 aliphatic heterocycles. The van der Waals surface area contributed by atoms with Crippen LogP contribution in [0.4, 0.5) is 0 Å². The summed E-state index contributed by atoms with van der Waals surface area (Å²) in [5.74, 6) is 2.26. The standard InChI is InChI=1S/C14H21O/c1-10(2)11-7-12(14(3,4)5)9-13(8-11)15-6/h7-9H,1-6H3. The molecule has 0 saturated heterocycles. The maximum absolute atomic E-state index is 5.33. The monoisotopic (exact) mass is 205 g/mol. The van der Waals surface area contributed by atoms with Crippen LogP contribution in [0.5, 0.6) is 5.75 Å². The number of benzene rings is 1. The van der Waals surface area contributed by atoms with Gasteiger partial charge >= 0.3 is 0 Å². The molecule has 0 saturated carbocycles.